The molecular weight excluding hydrogens is 218 g/mol. The summed E-state index contributed by atoms with van der Waals surface area (Å²) >= 11 is 5.89. The number of rotatable bonds is 1. The Morgan fingerprint density at radius 1 is 1.40 bits per heavy atom. The van der Waals surface area contributed by atoms with Crippen LogP contribution in [0.15, 0.2) is 23.0 Å². The van der Waals surface area contributed by atoms with Gasteiger partial charge < -0.3 is 14.8 Å². The predicted octanol–water partition coefficient (Wildman–Crippen LogP) is 1.90. The molecule has 4 nitrogen and oxygen atoms in total. The van der Waals surface area contributed by atoms with Crippen molar-refractivity contribution in [1.82, 2.24) is 4.98 Å². The van der Waals surface area contributed by atoms with Crippen molar-refractivity contribution >= 4 is 22.5 Å². The van der Waals surface area contributed by atoms with Crippen LogP contribution in [0.5, 0.6) is 11.5 Å². The summed E-state index contributed by atoms with van der Waals surface area (Å²) in [5.74, 6) is 0.351. The summed E-state index contributed by atoms with van der Waals surface area (Å²) in [6.45, 7) is 0. The lowest BCUT2D eigenvalue weighted by Gasteiger charge is -2.05. The minimum absolute atomic E-state index is 0.0988. The normalized spacial score (nSPS) is 10.5. The van der Waals surface area contributed by atoms with E-state index in [1.54, 1.807) is 12.1 Å². The van der Waals surface area contributed by atoms with Crippen LogP contribution in [0, 0.1) is 0 Å². The molecule has 1 heterocycles. The number of halogens is 1. The van der Waals surface area contributed by atoms with Gasteiger partial charge in [0, 0.05) is 17.5 Å². The number of aromatic amines is 1. The molecule has 0 bridgehead atoms. The highest BCUT2D eigenvalue weighted by atomic mass is 35.5. The highest BCUT2D eigenvalue weighted by Gasteiger charge is 2.07. The van der Waals surface area contributed by atoms with Gasteiger partial charge in [0.25, 0.3) is 5.56 Å². The molecule has 2 aromatic rings. The van der Waals surface area contributed by atoms with E-state index in [0.29, 0.717) is 21.7 Å². The second-order valence-corrected chi connectivity index (χ2v) is 3.46. The zero-order valence-corrected chi connectivity index (χ0v) is 8.63. The van der Waals surface area contributed by atoms with Crippen LogP contribution in [0.3, 0.4) is 0 Å². The number of fused-ring (bicyclic) bond motifs is 1. The number of pyridine rings is 1. The van der Waals surface area contributed by atoms with Crippen LogP contribution in [-0.2, 0) is 0 Å². The van der Waals surface area contributed by atoms with Crippen LogP contribution in [0.2, 0.25) is 5.02 Å². The minimum atomic E-state index is -0.371. The third-order valence-electron chi connectivity index (χ3n) is 2.09. The average molecular weight is 226 g/mol. The van der Waals surface area contributed by atoms with Gasteiger partial charge in [0.15, 0.2) is 0 Å². The van der Waals surface area contributed by atoms with Crippen molar-refractivity contribution in [2.24, 2.45) is 0 Å². The Morgan fingerprint density at radius 2 is 2.13 bits per heavy atom. The third kappa shape index (κ3) is 1.64. The zero-order valence-electron chi connectivity index (χ0n) is 7.87. The van der Waals surface area contributed by atoms with Gasteiger partial charge >= 0.3 is 0 Å². The molecule has 2 N–H and O–H groups in total. The number of hydrogen-bond donors (Lipinski definition) is 2. The van der Waals surface area contributed by atoms with Gasteiger partial charge in [-0.25, -0.2) is 0 Å². The molecule has 0 aliphatic heterocycles. The van der Waals surface area contributed by atoms with Crippen LogP contribution in [0.25, 0.3) is 10.9 Å². The van der Waals surface area contributed by atoms with E-state index in [9.17, 15) is 9.90 Å². The van der Waals surface area contributed by atoms with Crippen LogP contribution in [0.1, 0.15) is 0 Å². The number of methoxy groups -OCH3 is 1. The lowest BCUT2D eigenvalue weighted by molar-refractivity contribution is 0.415. The van der Waals surface area contributed by atoms with E-state index in [1.165, 1.54) is 7.11 Å². The highest BCUT2D eigenvalue weighted by molar-refractivity contribution is 6.32. The Kier molecular flexibility index (Phi) is 2.28. The van der Waals surface area contributed by atoms with E-state index in [0.717, 1.165) is 6.07 Å². The number of ether oxygens (including phenoxy) is 1. The summed E-state index contributed by atoms with van der Waals surface area (Å²) in [6.07, 6.45) is 0. The molecule has 0 saturated heterocycles. The van der Waals surface area contributed by atoms with Crippen molar-refractivity contribution in [2.75, 3.05) is 7.11 Å². The molecule has 0 unspecified atom stereocenters. The fourth-order valence-electron chi connectivity index (χ4n) is 1.40. The molecule has 0 spiro atoms. The molecule has 1 aromatic heterocycles. The second-order valence-electron chi connectivity index (χ2n) is 3.05. The molecule has 78 valence electrons. The Hall–Kier alpha value is -1.68. The summed E-state index contributed by atoms with van der Waals surface area (Å²) in [5.41, 5.74) is 0.116. The van der Waals surface area contributed by atoms with Crippen molar-refractivity contribution in [3.05, 3.63) is 33.6 Å². The molecule has 0 saturated carbocycles. The number of benzene rings is 1. The Balaban J connectivity index is 2.87. The fraction of sp³-hybridized carbons (Fsp3) is 0.100. The quantitative estimate of drug-likeness (QED) is 0.779. The summed E-state index contributed by atoms with van der Waals surface area (Å²) < 4.78 is 5.00. The van der Waals surface area contributed by atoms with Gasteiger partial charge in [0.05, 0.1) is 17.6 Å². The van der Waals surface area contributed by atoms with Crippen molar-refractivity contribution in [3.8, 4) is 11.5 Å². The monoisotopic (exact) mass is 225 g/mol. The standard InChI is InChI=1S/C10H8ClNO3/c1-15-9-3-7-5(2-6(9)11)8(13)4-10(14)12-7/h2-4H,1H3,(H2,12,13,14). The summed E-state index contributed by atoms with van der Waals surface area (Å²) in [4.78, 5) is 13.7. The molecule has 0 amide bonds. The van der Waals surface area contributed by atoms with E-state index in [1.807, 2.05) is 0 Å². The van der Waals surface area contributed by atoms with Crippen LogP contribution < -0.4 is 10.3 Å². The second kappa shape index (κ2) is 3.47. The lowest BCUT2D eigenvalue weighted by atomic mass is 10.2. The SMILES string of the molecule is COc1cc2[nH]c(=O)cc(O)c2cc1Cl. The maximum absolute atomic E-state index is 11.1. The number of aromatic hydroxyl groups is 1. The van der Waals surface area contributed by atoms with Crippen molar-refractivity contribution in [2.45, 2.75) is 0 Å². The van der Waals surface area contributed by atoms with E-state index in [-0.39, 0.29) is 11.3 Å². The van der Waals surface area contributed by atoms with Gasteiger partial charge in [-0.05, 0) is 6.07 Å². The minimum Gasteiger partial charge on any atom is -0.507 e. The molecular formula is C10H8ClNO3. The number of aromatic nitrogens is 1. The van der Waals surface area contributed by atoms with E-state index >= 15 is 0 Å². The van der Waals surface area contributed by atoms with Crippen LogP contribution in [-0.4, -0.2) is 17.2 Å². The average Bonchev–Trinajstić information content (AvgIpc) is 2.18. The molecule has 2 rings (SSSR count). The molecule has 0 radical (unpaired) electrons. The van der Waals surface area contributed by atoms with E-state index < -0.39 is 0 Å². The molecule has 0 aliphatic rings. The van der Waals surface area contributed by atoms with Crippen molar-refractivity contribution < 1.29 is 9.84 Å². The summed E-state index contributed by atoms with van der Waals surface area (Å²) in [6, 6.07) is 4.21. The van der Waals surface area contributed by atoms with Crippen molar-refractivity contribution in [1.29, 1.82) is 0 Å². The fourth-order valence-corrected chi connectivity index (χ4v) is 1.64. The number of H-pyrrole nitrogens is 1. The number of hydrogen-bond acceptors (Lipinski definition) is 3. The smallest absolute Gasteiger partial charge is 0.252 e. The molecule has 5 heteroatoms. The molecule has 15 heavy (non-hydrogen) atoms. The molecule has 0 aliphatic carbocycles. The highest BCUT2D eigenvalue weighted by Crippen LogP contribution is 2.31. The summed E-state index contributed by atoms with van der Waals surface area (Å²) in [7, 11) is 1.48. The maximum atomic E-state index is 11.1. The lowest BCUT2D eigenvalue weighted by Crippen LogP contribution is -2.03. The molecule has 0 fully saturated rings. The Morgan fingerprint density at radius 3 is 2.80 bits per heavy atom. The van der Waals surface area contributed by atoms with E-state index in [2.05, 4.69) is 4.98 Å². The van der Waals surface area contributed by atoms with Crippen LogP contribution in [0.4, 0.5) is 0 Å². The first-order valence-corrected chi connectivity index (χ1v) is 4.59. The summed E-state index contributed by atoms with van der Waals surface area (Å²) in [5, 5.41) is 10.4. The van der Waals surface area contributed by atoms with Gasteiger partial charge in [0.1, 0.15) is 11.5 Å². The maximum Gasteiger partial charge on any atom is 0.252 e. The first kappa shape index (κ1) is 9.86. The van der Waals surface area contributed by atoms with Gasteiger partial charge in [-0.3, -0.25) is 4.79 Å². The number of nitrogens with one attached hydrogen (secondary N) is 1. The van der Waals surface area contributed by atoms with Crippen LogP contribution >= 0.6 is 11.6 Å². The van der Waals surface area contributed by atoms with Crippen molar-refractivity contribution in [3.63, 3.8) is 0 Å². The van der Waals surface area contributed by atoms with Gasteiger partial charge in [0.2, 0.25) is 0 Å². The van der Waals surface area contributed by atoms with Gasteiger partial charge in [-0.1, -0.05) is 11.6 Å². The molecule has 0 atom stereocenters. The van der Waals surface area contributed by atoms with E-state index in [4.69, 9.17) is 16.3 Å². The Labute approximate surface area is 90.1 Å². The predicted molar refractivity (Wildman–Crippen MR) is 57.8 cm³/mol. The van der Waals surface area contributed by atoms with Gasteiger partial charge in [-0.15, -0.1) is 0 Å². The third-order valence-corrected chi connectivity index (χ3v) is 2.39. The first-order valence-electron chi connectivity index (χ1n) is 4.21. The van der Waals surface area contributed by atoms with Gasteiger partial charge in [-0.2, -0.15) is 0 Å². The largest absolute Gasteiger partial charge is 0.507 e. The molecule has 1 aromatic carbocycles. The first-order chi connectivity index (χ1) is 7.11. The zero-order chi connectivity index (χ0) is 11.0. The Bertz CT molecular complexity index is 577. The topological polar surface area (TPSA) is 62.3 Å².